The summed E-state index contributed by atoms with van der Waals surface area (Å²) < 4.78 is 34.7. The van der Waals surface area contributed by atoms with Gasteiger partial charge >= 0.3 is 0 Å². The van der Waals surface area contributed by atoms with Gasteiger partial charge in [-0.2, -0.15) is 9.40 Å². The highest BCUT2D eigenvalue weighted by Crippen LogP contribution is 2.22. The van der Waals surface area contributed by atoms with Crippen molar-refractivity contribution in [3.8, 4) is 0 Å². The molecule has 2 heterocycles. The van der Waals surface area contributed by atoms with Gasteiger partial charge in [0.1, 0.15) is 5.82 Å². The summed E-state index contributed by atoms with van der Waals surface area (Å²) in [4.78, 5) is 12.9. The van der Waals surface area contributed by atoms with Gasteiger partial charge in [-0.1, -0.05) is 30.3 Å². The lowest BCUT2D eigenvalue weighted by molar-refractivity contribution is -0.0440. The Bertz CT molecular complexity index is 1170. The molecular weight excluding hydrogens is 428 g/mol. The molecule has 0 spiro atoms. The fraction of sp³-hybridized carbons (Fsp3) is 0.304. The van der Waals surface area contributed by atoms with Crippen LogP contribution in [0.3, 0.4) is 0 Å². The summed E-state index contributed by atoms with van der Waals surface area (Å²) in [6.07, 6.45) is 1.29. The van der Waals surface area contributed by atoms with Crippen LogP contribution >= 0.6 is 0 Å². The summed E-state index contributed by atoms with van der Waals surface area (Å²) in [5.74, 6) is 0.226. The van der Waals surface area contributed by atoms with Crippen LogP contribution in [-0.4, -0.2) is 53.7 Å². The number of amides is 1. The molecule has 8 nitrogen and oxygen atoms in total. The highest BCUT2D eigenvalue weighted by atomic mass is 32.2. The molecule has 1 aliphatic rings. The Morgan fingerprint density at radius 3 is 2.34 bits per heavy atom. The van der Waals surface area contributed by atoms with Gasteiger partial charge in [-0.05, 0) is 43.7 Å². The Morgan fingerprint density at radius 2 is 1.69 bits per heavy atom. The summed E-state index contributed by atoms with van der Waals surface area (Å²) in [6, 6.07) is 17.5. The minimum absolute atomic E-state index is 0.157. The van der Waals surface area contributed by atoms with E-state index in [0.29, 0.717) is 31.0 Å². The Hall–Kier alpha value is -3.01. The molecule has 1 fully saturated rings. The molecule has 0 unspecified atom stereocenters. The van der Waals surface area contributed by atoms with Gasteiger partial charge in [-0.25, -0.2) is 13.1 Å². The van der Waals surface area contributed by atoms with Crippen LogP contribution in [0, 0.1) is 0 Å². The molecule has 2 atom stereocenters. The molecule has 4 rings (SSSR count). The second kappa shape index (κ2) is 9.23. The van der Waals surface area contributed by atoms with Crippen LogP contribution in [0.1, 0.15) is 29.8 Å². The number of morpholine rings is 1. The second-order valence-electron chi connectivity index (χ2n) is 7.92. The zero-order chi connectivity index (χ0) is 22.7. The number of hydrogen-bond acceptors (Lipinski definition) is 5. The van der Waals surface area contributed by atoms with Crippen LogP contribution in [0.25, 0.3) is 0 Å². The van der Waals surface area contributed by atoms with E-state index in [-0.39, 0.29) is 23.0 Å². The number of benzene rings is 2. The molecule has 32 heavy (non-hydrogen) atoms. The number of sulfonamides is 1. The lowest BCUT2D eigenvalue weighted by Gasteiger charge is -2.34. The SMILES string of the molecule is C[C@H]1CN(S(=O)(=O)c2ccc(C(=O)Nc3ccnn3Cc3ccccc3)cc2)C[C@H](C)O1. The van der Waals surface area contributed by atoms with E-state index in [1.807, 2.05) is 44.2 Å². The average Bonchev–Trinajstić information content (AvgIpc) is 3.20. The molecule has 168 valence electrons. The van der Waals surface area contributed by atoms with E-state index in [1.165, 1.54) is 28.6 Å². The Morgan fingerprint density at radius 1 is 1.03 bits per heavy atom. The number of hydrogen-bond donors (Lipinski definition) is 1. The molecule has 0 bridgehead atoms. The number of anilines is 1. The van der Waals surface area contributed by atoms with Gasteiger partial charge in [0.05, 0.1) is 29.8 Å². The normalized spacial score (nSPS) is 19.6. The number of rotatable bonds is 6. The summed E-state index contributed by atoms with van der Waals surface area (Å²) in [6.45, 7) is 4.85. The molecule has 0 radical (unpaired) electrons. The Labute approximate surface area is 187 Å². The summed E-state index contributed by atoms with van der Waals surface area (Å²) in [5, 5.41) is 7.12. The Kier molecular flexibility index (Phi) is 6.40. The largest absolute Gasteiger partial charge is 0.373 e. The smallest absolute Gasteiger partial charge is 0.256 e. The minimum atomic E-state index is -3.65. The fourth-order valence-electron chi connectivity index (χ4n) is 3.76. The summed E-state index contributed by atoms with van der Waals surface area (Å²) in [5.41, 5.74) is 1.42. The van der Waals surface area contributed by atoms with Gasteiger partial charge < -0.3 is 10.1 Å². The maximum Gasteiger partial charge on any atom is 0.256 e. The van der Waals surface area contributed by atoms with Gasteiger partial charge in [-0.3, -0.25) is 4.79 Å². The van der Waals surface area contributed by atoms with Crippen LogP contribution in [0.15, 0.2) is 71.8 Å². The van der Waals surface area contributed by atoms with Crippen LogP contribution in [0.2, 0.25) is 0 Å². The molecule has 1 N–H and O–H groups in total. The molecule has 0 saturated carbocycles. The zero-order valence-electron chi connectivity index (χ0n) is 18.0. The first kappa shape index (κ1) is 22.2. The van der Waals surface area contributed by atoms with E-state index in [4.69, 9.17) is 4.74 Å². The van der Waals surface area contributed by atoms with E-state index < -0.39 is 10.0 Å². The van der Waals surface area contributed by atoms with E-state index >= 15 is 0 Å². The lowest BCUT2D eigenvalue weighted by Crippen LogP contribution is -2.48. The highest BCUT2D eigenvalue weighted by Gasteiger charge is 2.32. The van der Waals surface area contributed by atoms with E-state index in [2.05, 4.69) is 10.4 Å². The molecular formula is C23H26N4O4S. The number of nitrogens with one attached hydrogen (secondary N) is 1. The van der Waals surface area contributed by atoms with Gasteiger partial charge in [0.25, 0.3) is 5.91 Å². The van der Waals surface area contributed by atoms with Crippen molar-refractivity contribution in [3.05, 3.63) is 78.0 Å². The van der Waals surface area contributed by atoms with Gasteiger partial charge in [-0.15, -0.1) is 0 Å². The third kappa shape index (κ3) is 4.90. The standard InChI is InChI=1S/C23H26N4O4S/c1-17-14-26(15-18(2)31-17)32(29,30)21-10-8-20(9-11-21)23(28)25-22-12-13-24-27(22)16-19-6-4-3-5-7-19/h3-13,17-18H,14-16H2,1-2H3,(H,25,28)/t17-,18-/m0/s1. The topological polar surface area (TPSA) is 93.5 Å². The van der Waals surface area contributed by atoms with Crippen molar-refractivity contribution < 1.29 is 17.9 Å². The quantitative estimate of drug-likeness (QED) is 0.618. The number of ether oxygens (including phenoxy) is 1. The van der Waals surface area contributed by atoms with Gasteiger partial charge in [0.2, 0.25) is 10.0 Å². The average molecular weight is 455 g/mol. The molecule has 0 aliphatic carbocycles. The van der Waals surface area contributed by atoms with Crippen molar-refractivity contribution in [2.24, 2.45) is 0 Å². The summed E-state index contributed by atoms with van der Waals surface area (Å²) in [7, 11) is -3.65. The third-order valence-corrected chi connectivity index (χ3v) is 7.12. The highest BCUT2D eigenvalue weighted by molar-refractivity contribution is 7.89. The van der Waals surface area contributed by atoms with Crippen LogP contribution < -0.4 is 5.32 Å². The number of carbonyl (C=O) groups excluding carboxylic acids is 1. The van der Waals surface area contributed by atoms with Crippen molar-refractivity contribution in [3.63, 3.8) is 0 Å². The molecule has 2 aromatic carbocycles. The maximum absolute atomic E-state index is 13.0. The van der Waals surface area contributed by atoms with E-state index in [1.54, 1.807) is 16.9 Å². The van der Waals surface area contributed by atoms with Crippen LogP contribution in [0.5, 0.6) is 0 Å². The minimum Gasteiger partial charge on any atom is -0.373 e. The van der Waals surface area contributed by atoms with E-state index in [0.717, 1.165) is 5.56 Å². The lowest BCUT2D eigenvalue weighted by atomic mass is 10.2. The van der Waals surface area contributed by atoms with Crippen LogP contribution in [-0.2, 0) is 21.3 Å². The molecule has 1 aromatic heterocycles. The van der Waals surface area contributed by atoms with Crippen molar-refractivity contribution in [1.29, 1.82) is 0 Å². The maximum atomic E-state index is 13.0. The fourth-order valence-corrected chi connectivity index (χ4v) is 5.35. The number of aromatic nitrogens is 2. The molecule has 3 aromatic rings. The predicted molar refractivity (Wildman–Crippen MR) is 121 cm³/mol. The zero-order valence-corrected chi connectivity index (χ0v) is 18.8. The van der Waals surface area contributed by atoms with Crippen molar-refractivity contribution in [2.75, 3.05) is 18.4 Å². The molecule has 9 heteroatoms. The molecule has 1 aliphatic heterocycles. The van der Waals surface area contributed by atoms with Gasteiger partial charge in [0.15, 0.2) is 0 Å². The Balaban J connectivity index is 1.46. The monoisotopic (exact) mass is 454 g/mol. The second-order valence-corrected chi connectivity index (χ2v) is 9.86. The third-order valence-electron chi connectivity index (χ3n) is 5.27. The summed E-state index contributed by atoms with van der Waals surface area (Å²) >= 11 is 0. The van der Waals surface area contributed by atoms with Crippen molar-refractivity contribution in [2.45, 2.75) is 37.5 Å². The predicted octanol–water partition coefficient (Wildman–Crippen LogP) is 2.98. The first-order valence-electron chi connectivity index (χ1n) is 10.5. The van der Waals surface area contributed by atoms with E-state index in [9.17, 15) is 13.2 Å². The first-order chi connectivity index (χ1) is 15.3. The van der Waals surface area contributed by atoms with Gasteiger partial charge in [0, 0.05) is 24.7 Å². The molecule has 1 amide bonds. The van der Waals surface area contributed by atoms with Crippen LogP contribution in [0.4, 0.5) is 5.82 Å². The number of carbonyl (C=O) groups is 1. The number of nitrogens with zero attached hydrogens (tertiary/aromatic N) is 3. The first-order valence-corrected chi connectivity index (χ1v) is 11.9. The molecule has 1 saturated heterocycles. The van der Waals surface area contributed by atoms with Crippen molar-refractivity contribution >= 4 is 21.7 Å². The van der Waals surface area contributed by atoms with Crippen molar-refractivity contribution in [1.82, 2.24) is 14.1 Å².